The molecule has 0 aromatic rings. The molecule has 0 spiro atoms. The maximum Gasteiger partial charge on any atom is 0.471 e. The molecular formula is C4H6F3NO3S. The van der Waals surface area contributed by atoms with Crippen molar-refractivity contribution in [3.05, 3.63) is 0 Å². The van der Waals surface area contributed by atoms with E-state index >= 15 is 0 Å². The van der Waals surface area contributed by atoms with Crippen LogP contribution in [0.3, 0.4) is 0 Å². The van der Waals surface area contributed by atoms with E-state index in [1.807, 2.05) is 0 Å². The molecule has 8 heteroatoms. The number of carbonyl (C=O) groups excluding carboxylic acids is 1. The molecule has 0 aromatic heterocycles. The summed E-state index contributed by atoms with van der Waals surface area (Å²) in [7, 11) is -3.61. The van der Waals surface area contributed by atoms with Gasteiger partial charge in [-0.3, -0.25) is 4.79 Å². The predicted octanol–water partition coefficient (Wildman–Crippen LogP) is -0.333. The first kappa shape index (κ1) is 11.2. The monoisotopic (exact) mass is 205 g/mol. The van der Waals surface area contributed by atoms with E-state index < -0.39 is 27.8 Å². The van der Waals surface area contributed by atoms with Gasteiger partial charge >= 0.3 is 12.1 Å². The van der Waals surface area contributed by atoms with Crippen LogP contribution in [-0.4, -0.2) is 32.6 Å². The number of amides is 1. The second kappa shape index (κ2) is 3.30. The summed E-state index contributed by atoms with van der Waals surface area (Å²) >= 11 is 0. The first-order valence-electron chi connectivity index (χ1n) is 2.65. The fraction of sp³-hybridized carbons (Fsp3) is 0.750. The lowest BCUT2D eigenvalue weighted by Gasteiger charge is -2.05. The van der Waals surface area contributed by atoms with Crippen LogP contribution in [-0.2, 0) is 14.6 Å². The number of hydrogen-bond donors (Lipinski definition) is 1. The van der Waals surface area contributed by atoms with E-state index in [9.17, 15) is 26.4 Å². The van der Waals surface area contributed by atoms with Crippen LogP contribution in [0, 0.1) is 0 Å². The standard InChI is InChI=1S/C4H6F3NO3S/c1-12(10,11)2-8-3(9)4(5,6)7/h2H2,1H3,(H,8,9). The number of rotatable bonds is 2. The molecule has 4 nitrogen and oxygen atoms in total. The van der Waals surface area contributed by atoms with Crippen molar-refractivity contribution >= 4 is 15.7 Å². The second-order valence-corrected chi connectivity index (χ2v) is 4.21. The summed E-state index contributed by atoms with van der Waals surface area (Å²) in [6, 6.07) is 0. The molecule has 1 amide bonds. The molecule has 0 aromatic carbocycles. The third kappa shape index (κ3) is 4.94. The normalized spacial score (nSPS) is 12.7. The molecule has 1 N–H and O–H groups in total. The van der Waals surface area contributed by atoms with Crippen molar-refractivity contribution in [2.24, 2.45) is 0 Å². The van der Waals surface area contributed by atoms with Crippen LogP contribution in [0.2, 0.25) is 0 Å². The molecular weight excluding hydrogens is 199 g/mol. The molecule has 72 valence electrons. The van der Waals surface area contributed by atoms with Gasteiger partial charge in [-0.2, -0.15) is 13.2 Å². The van der Waals surface area contributed by atoms with E-state index in [0.717, 1.165) is 0 Å². The molecule has 0 saturated carbocycles. The lowest BCUT2D eigenvalue weighted by atomic mass is 10.6. The van der Waals surface area contributed by atoms with Crippen molar-refractivity contribution < 1.29 is 26.4 Å². The molecule has 12 heavy (non-hydrogen) atoms. The molecule has 0 saturated heterocycles. The Morgan fingerprint density at radius 3 is 2.08 bits per heavy atom. The van der Waals surface area contributed by atoms with Crippen molar-refractivity contribution in [1.82, 2.24) is 5.32 Å². The smallest absolute Gasteiger partial charge is 0.334 e. The Hall–Kier alpha value is -0.790. The Bertz CT molecular complexity index is 268. The van der Waals surface area contributed by atoms with Crippen molar-refractivity contribution in [2.75, 3.05) is 12.1 Å². The predicted molar refractivity (Wildman–Crippen MR) is 33.9 cm³/mol. The highest BCUT2D eigenvalue weighted by molar-refractivity contribution is 7.90. The zero-order valence-electron chi connectivity index (χ0n) is 5.97. The van der Waals surface area contributed by atoms with E-state index in [1.54, 1.807) is 0 Å². The highest BCUT2D eigenvalue weighted by atomic mass is 32.2. The Morgan fingerprint density at radius 1 is 1.42 bits per heavy atom. The van der Waals surface area contributed by atoms with Crippen molar-refractivity contribution in [3.63, 3.8) is 0 Å². The van der Waals surface area contributed by atoms with Crippen LogP contribution in [0.4, 0.5) is 13.2 Å². The van der Waals surface area contributed by atoms with E-state index in [-0.39, 0.29) is 0 Å². The van der Waals surface area contributed by atoms with Gasteiger partial charge in [0.2, 0.25) is 0 Å². The average molecular weight is 205 g/mol. The number of hydrogen-bond acceptors (Lipinski definition) is 3. The van der Waals surface area contributed by atoms with E-state index in [4.69, 9.17) is 0 Å². The summed E-state index contributed by atoms with van der Waals surface area (Å²) in [6.07, 6.45) is -4.33. The first-order chi connectivity index (χ1) is 5.13. The van der Waals surface area contributed by atoms with Crippen LogP contribution < -0.4 is 5.32 Å². The summed E-state index contributed by atoms with van der Waals surface area (Å²) in [6.45, 7) is 0. The summed E-state index contributed by atoms with van der Waals surface area (Å²) in [4.78, 5) is 10.0. The first-order valence-corrected chi connectivity index (χ1v) is 4.72. The third-order valence-electron chi connectivity index (χ3n) is 0.752. The van der Waals surface area contributed by atoms with Crippen LogP contribution in [0.15, 0.2) is 0 Å². The number of nitrogens with one attached hydrogen (secondary N) is 1. The zero-order valence-corrected chi connectivity index (χ0v) is 6.79. The Morgan fingerprint density at radius 2 is 1.83 bits per heavy atom. The van der Waals surface area contributed by atoms with Crippen molar-refractivity contribution in [2.45, 2.75) is 6.18 Å². The van der Waals surface area contributed by atoms with E-state index in [0.29, 0.717) is 6.26 Å². The van der Waals surface area contributed by atoms with Gasteiger partial charge in [0, 0.05) is 6.26 Å². The molecule has 0 atom stereocenters. The van der Waals surface area contributed by atoms with Crippen LogP contribution in [0.25, 0.3) is 0 Å². The fourth-order valence-electron chi connectivity index (χ4n) is 0.297. The van der Waals surface area contributed by atoms with E-state index in [1.165, 1.54) is 5.32 Å². The summed E-state index contributed by atoms with van der Waals surface area (Å²) in [5.74, 6) is -3.27. The topological polar surface area (TPSA) is 63.2 Å². The minimum atomic E-state index is -5.04. The molecule has 0 radical (unpaired) electrons. The van der Waals surface area contributed by atoms with Crippen LogP contribution in [0.1, 0.15) is 0 Å². The summed E-state index contributed by atoms with van der Waals surface area (Å²) < 4.78 is 54.8. The molecule has 0 aliphatic carbocycles. The summed E-state index contributed by atoms with van der Waals surface area (Å²) in [5, 5.41) is 1.21. The van der Waals surface area contributed by atoms with Gasteiger partial charge < -0.3 is 5.32 Å². The quantitative estimate of drug-likeness (QED) is 0.671. The van der Waals surface area contributed by atoms with Gasteiger partial charge in [0.1, 0.15) is 5.88 Å². The SMILES string of the molecule is CS(=O)(=O)CNC(=O)C(F)(F)F. The molecule has 0 bridgehead atoms. The lowest BCUT2D eigenvalue weighted by molar-refractivity contribution is -0.173. The minimum absolute atomic E-state index is 0.712. The Kier molecular flexibility index (Phi) is 3.08. The van der Waals surface area contributed by atoms with Gasteiger partial charge in [0.05, 0.1) is 0 Å². The minimum Gasteiger partial charge on any atom is -0.334 e. The highest BCUT2D eigenvalue weighted by Gasteiger charge is 2.38. The highest BCUT2D eigenvalue weighted by Crippen LogP contribution is 2.13. The summed E-state index contributed by atoms with van der Waals surface area (Å²) in [5.41, 5.74) is 0. The molecule has 0 aliphatic rings. The van der Waals surface area contributed by atoms with Crippen molar-refractivity contribution in [3.8, 4) is 0 Å². The second-order valence-electron chi connectivity index (χ2n) is 2.07. The largest absolute Gasteiger partial charge is 0.471 e. The lowest BCUT2D eigenvalue weighted by Crippen LogP contribution is -2.39. The Labute approximate surface area is 66.7 Å². The molecule has 0 rings (SSSR count). The van der Waals surface area contributed by atoms with Crippen LogP contribution in [0.5, 0.6) is 0 Å². The number of sulfone groups is 1. The van der Waals surface area contributed by atoms with Gasteiger partial charge in [-0.25, -0.2) is 8.42 Å². The maximum absolute atomic E-state index is 11.4. The van der Waals surface area contributed by atoms with Gasteiger partial charge in [0.25, 0.3) is 0 Å². The number of halogens is 3. The average Bonchev–Trinajstić information content (AvgIpc) is 1.78. The third-order valence-corrected chi connectivity index (χ3v) is 1.42. The number of alkyl halides is 3. The van der Waals surface area contributed by atoms with Gasteiger partial charge in [-0.1, -0.05) is 0 Å². The molecule has 0 unspecified atom stereocenters. The van der Waals surface area contributed by atoms with Gasteiger partial charge in [0.15, 0.2) is 9.84 Å². The molecule has 0 aliphatic heterocycles. The van der Waals surface area contributed by atoms with E-state index in [2.05, 4.69) is 0 Å². The fourth-order valence-corrected chi connectivity index (χ4v) is 0.690. The zero-order chi connectivity index (χ0) is 9.99. The van der Waals surface area contributed by atoms with Gasteiger partial charge in [-0.05, 0) is 0 Å². The van der Waals surface area contributed by atoms with Gasteiger partial charge in [-0.15, -0.1) is 0 Å². The Balaban J connectivity index is 4.07. The molecule has 0 fully saturated rings. The molecule has 0 heterocycles. The maximum atomic E-state index is 11.4. The van der Waals surface area contributed by atoms with Crippen LogP contribution >= 0.6 is 0 Å². The number of carbonyl (C=O) groups is 1. The van der Waals surface area contributed by atoms with Crippen molar-refractivity contribution in [1.29, 1.82) is 0 Å².